The molecule has 22 heavy (non-hydrogen) atoms. The number of halogens is 1. The van der Waals surface area contributed by atoms with Gasteiger partial charge in [-0.3, -0.25) is 0 Å². The van der Waals surface area contributed by atoms with Crippen LogP contribution in [0, 0.1) is 0 Å². The predicted octanol–water partition coefficient (Wildman–Crippen LogP) is 3.68. The molecule has 0 spiro atoms. The van der Waals surface area contributed by atoms with Crippen LogP contribution in [-0.2, 0) is 6.42 Å². The number of aromatic nitrogens is 2. The monoisotopic (exact) mass is 314 g/mol. The molecule has 6 heteroatoms. The fourth-order valence-electron chi connectivity index (χ4n) is 1.98. The van der Waals surface area contributed by atoms with Crippen molar-refractivity contribution in [1.29, 1.82) is 0 Å². The third-order valence-electron chi connectivity index (χ3n) is 3.13. The van der Waals surface area contributed by atoms with Crippen LogP contribution in [-0.4, -0.2) is 21.2 Å². The number of aromatic carboxylic acids is 1. The van der Waals surface area contributed by atoms with E-state index in [0.717, 1.165) is 5.56 Å². The zero-order valence-corrected chi connectivity index (χ0v) is 12.1. The molecular formula is C16H11ClN2O3. The highest BCUT2D eigenvalue weighted by Gasteiger charge is 2.10. The maximum absolute atomic E-state index is 10.8. The Labute approximate surface area is 131 Å². The maximum Gasteiger partial charge on any atom is 0.335 e. The van der Waals surface area contributed by atoms with Gasteiger partial charge in [-0.05, 0) is 29.8 Å². The Hall–Kier alpha value is -2.66. The highest BCUT2D eigenvalue weighted by atomic mass is 35.5. The second-order valence-electron chi connectivity index (χ2n) is 4.70. The summed E-state index contributed by atoms with van der Waals surface area (Å²) in [4.78, 5) is 15.1. The van der Waals surface area contributed by atoms with Crippen LogP contribution in [0.5, 0.6) is 0 Å². The average Bonchev–Trinajstić information content (AvgIpc) is 2.98. The van der Waals surface area contributed by atoms with E-state index < -0.39 is 5.97 Å². The maximum atomic E-state index is 10.8. The molecular weight excluding hydrogens is 304 g/mol. The lowest BCUT2D eigenvalue weighted by Crippen LogP contribution is -1.95. The number of hydrogen-bond donors (Lipinski definition) is 1. The van der Waals surface area contributed by atoms with E-state index in [1.165, 1.54) is 12.1 Å². The van der Waals surface area contributed by atoms with Crippen LogP contribution in [0.4, 0.5) is 0 Å². The fourth-order valence-corrected chi connectivity index (χ4v) is 2.11. The molecule has 3 aromatic rings. The van der Waals surface area contributed by atoms with Gasteiger partial charge in [0.15, 0.2) is 0 Å². The van der Waals surface area contributed by atoms with Gasteiger partial charge in [-0.2, -0.15) is 4.98 Å². The van der Waals surface area contributed by atoms with E-state index in [2.05, 4.69) is 10.1 Å². The summed E-state index contributed by atoms with van der Waals surface area (Å²) in [5, 5.41) is 13.5. The van der Waals surface area contributed by atoms with Gasteiger partial charge in [0.2, 0.25) is 11.7 Å². The molecule has 110 valence electrons. The highest BCUT2D eigenvalue weighted by Crippen LogP contribution is 2.18. The van der Waals surface area contributed by atoms with Crippen LogP contribution >= 0.6 is 11.6 Å². The summed E-state index contributed by atoms with van der Waals surface area (Å²) in [6.45, 7) is 0. The van der Waals surface area contributed by atoms with Gasteiger partial charge in [-0.1, -0.05) is 41.0 Å². The molecule has 0 amide bonds. The topological polar surface area (TPSA) is 76.2 Å². The van der Waals surface area contributed by atoms with Gasteiger partial charge >= 0.3 is 5.97 Å². The molecule has 3 rings (SSSR count). The first-order valence-electron chi connectivity index (χ1n) is 6.52. The summed E-state index contributed by atoms with van der Waals surface area (Å²) in [5.74, 6) is -0.0522. The lowest BCUT2D eigenvalue weighted by molar-refractivity contribution is 0.0697. The van der Waals surface area contributed by atoms with E-state index in [4.69, 9.17) is 21.2 Å². The van der Waals surface area contributed by atoms with E-state index in [1.807, 2.05) is 12.1 Å². The quantitative estimate of drug-likeness (QED) is 0.795. The molecule has 0 aliphatic carbocycles. The summed E-state index contributed by atoms with van der Waals surface area (Å²) in [5.41, 5.74) is 1.94. The Balaban J connectivity index is 1.78. The van der Waals surface area contributed by atoms with Gasteiger partial charge in [0.1, 0.15) is 0 Å². The van der Waals surface area contributed by atoms with Gasteiger partial charge in [0, 0.05) is 10.6 Å². The minimum Gasteiger partial charge on any atom is -0.478 e. The van der Waals surface area contributed by atoms with Crippen LogP contribution < -0.4 is 0 Å². The van der Waals surface area contributed by atoms with Crippen molar-refractivity contribution in [2.24, 2.45) is 0 Å². The van der Waals surface area contributed by atoms with E-state index in [1.54, 1.807) is 24.3 Å². The standard InChI is InChI=1S/C16H11ClN2O3/c17-13-7-1-10(2-8-13)9-14-18-15(19-22-14)11-3-5-12(6-4-11)16(20)21/h1-8H,9H2,(H,20,21). The first-order chi connectivity index (χ1) is 10.6. The zero-order chi connectivity index (χ0) is 15.5. The van der Waals surface area contributed by atoms with Crippen molar-refractivity contribution in [3.8, 4) is 11.4 Å². The van der Waals surface area contributed by atoms with Crippen molar-refractivity contribution in [3.63, 3.8) is 0 Å². The third-order valence-corrected chi connectivity index (χ3v) is 3.38. The summed E-state index contributed by atoms with van der Waals surface area (Å²) in [6, 6.07) is 13.7. The molecule has 0 saturated heterocycles. The number of carbonyl (C=O) groups is 1. The smallest absolute Gasteiger partial charge is 0.335 e. The second kappa shape index (κ2) is 5.99. The molecule has 0 aliphatic heterocycles. The van der Waals surface area contributed by atoms with Crippen molar-refractivity contribution < 1.29 is 14.4 Å². The molecule has 1 aromatic heterocycles. The first-order valence-corrected chi connectivity index (χ1v) is 6.90. The van der Waals surface area contributed by atoms with Crippen molar-refractivity contribution in [3.05, 3.63) is 70.6 Å². The number of carboxylic acid groups (broad SMARTS) is 1. The van der Waals surface area contributed by atoms with Crippen molar-refractivity contribution in [2.45, 2.75) is 6.42 Å². The number of hydrogen-bond acceptors (Lipinski definition) is 4. The second-order valence-corrected chi connectivity index (χ2v) is 5.13. The van der Waals surface area contributed by atoms with Crippen LogP contribution in [0.1, 0.15) is 21.8 Å². The van der Waals surface area contributed by atoms with Gasteiger partial charge < -0.3 is 9.63 Å². The van der Waals surface area contributed by atoms with Crippen LogP contribution in [0.25, 0.3) is 11.4 Å². The molecule has 1 heterocycles. The van der Waals surface area contributed by atoms with E-state index in [9.17, 15) is 4.79 Å². The molecule has 0 saturated carbocycles. The van der Waals surface area contributed by atoms with Gasteiger partial charge in [-0.25, -0.2) is 4.79 Å². The molecule has 0 atom stereocenters. The lowest BCUT2D eigenvalue weighted by atomic mass is 10.1. The van der Waals surface area contributed by atoms with Crippen molar-refractivity contribution in [2.75, 3.05) is 0 Å². The molecule has 2 aromatic carbocycles. The lowest BCUT2D eigenvalue weighted by Gasteiger charge is -1.97. The van der Waals surface area contributed by atoms with Crippen molar-refractivity contribution in [1.82, 2.24) is 10.1 Å². The van der Waals surface area contributed by atoms with Gasteiger partial charge in [0.05, 0.1) is 12.0 Å². The van der Waals surface area contributed by atoms with E-state index in [-0.39, 0.29) is 5.56 Å². The summed E-state index contributed by atoms with van der Waals surface area (Å²) < 4.78 is 5.22. The average molecular weight is 315 g/mol. The molecule has 5 nitrogen and oxygen atoms in total. The first kappa shape index (κ1) is 14.3. The SMILES string of the molecule is O=C(O)c1ccc(-c2noc(Cc3ccc(Cl)cc3)n2)cc1. The molecule has 0 fully saturated rings. The molecule has 1 N–H and O–H groups in total. The fraction of sp³-hybridized carbons (Fsp3) is 0.0625. The number of benzene rings is 2. The Morgan fingerprint density at radius 3 is 2.41 bits per heavy atom. The highest BCUT2D eigenvalue weighted by molar-refractivity contribution is 6.30. The Bertz CT molecular complexity index is 795. The summed E-state index contributed by atoms with van der Waals surface area (Å²) in [7, 11) is 0. The molecule has 0 radical (unpaired) electrons. The van der Waals surface area contributed by atoms with Crippen LogP contribution in [0.2, 0.25) is 5.02 Å². The Morgan fingerprint density at radius 2 is 1.77 bits per heavy atom. The number of carboxylic acids is 1. The molecule has 0 aliphatic rings. The minimum absolute atomic E-state index is 0.216. The van der Waals surface area contributed by atoms with Crippen LogP contribution in [0.15, 0.2) is 53.1 Å². The van der Waals surface area contributed by atoms with Gasteiger partial charge in [-0.15, -0.1) is 0 Å². The van der Waals surface area contributed by atoms with Gasteiger partial charge in [0.25, 0.3) is 0 Å². The van der Waals surface area contributed by atoms with E-state index in [0.29, 0.717) is 28.7 Å². The van der Waals surface area contributed by atoms with Crippen molar-refractivity contribution >= 4 is 17.6 Å². The number of rotatable bonds is 4. The third kappa shape index (κ3) is 3.15. The number of nitrogens with zero attached hydrogens (tertiary/aromatic N) is 2. The minimum atomic E-state index is -0.969. The zero-order valence-electron chi connectivity index (χ0n) is 11.4. The summed E-state index contributed by atoms with van der Waals surface area (Å²) >= 11 is 5.84. The largest absolute Gasteiger partial charge is 0.478 e. The molecule has 0 bridgehead atoms. The Kier molecular flexibility index (Phi) is 3.89. The van der Waals surface area contributed by atoms with Crippen LogP contribution in [0.3, 0.4) is 0 Å². The normalized spacial score (nSPS) is 10.6. The molecule has 0 unspecified atom stereocenters. The summed E-state index contributed by atoms with van der Waals surface area (Å²) in [6.07, 6.45) is 0.511. The Morgan fingerprint density at radius 1 is 1.09 bits per heavy atom. The predicted molar refractivity (Wildman–Crippen MR) is 81.0 cm³/mol. The van der Waals surface area contributed by atoms with E-state index >= 15 is 0 Å².